The minimum absolute atomic E-state index is 0.147. The van der Waals surface area contributed by atoms with E-state index in [0.717, 1.165) is 37.6 Å². The molecule has 0 amide bonds. The van der Waals surface area contributed by atoms with E-state index < -0.39 is 0 Å². The van der Waals surface area contributed by atoms with E-state index in [4.69, 9.17) is 14.2 Å². The Balaban J connectivity index is 1.99. The number of ether oxygens (including phenoxy) is 3. The standard InChI is InChI=1S/C17H27NO3/c1-4-20-17-9-14(11-18-10-13(2)3)5-6-16(17)21-15-7-8-19-12-15/h5-6,9,13,15,18H,4,7-8,10-12H2,1-3H3. The van der Waals surface area contributed by atoms with E-state index >= 15 is 0 Å². The SMILES string of the molecule is CCOc1cc(CNCC(C)C)ccc1OC1CCOC1. The van der Waals surface area contributed by atoms with Crippen molar-refractivity contribution in [3.05, 3.63) is 23.8 Å². The van der Waals surface area contributed by atoms with Crippen LogP contribution in [0.25, 0.3) is 0 Å². The molecule has 4 heteroatoms. The molecule has 1 heterocycles. The van der Waals surface area contributed by atoms with Crippen molar-refractivity contribution in [1.82, 2.24) is 5.32 Å². The lowest BCUT2D eigenvalue weighted by Crippen LogP contribution is -2.19. The van der Waals surface area contributed by atoms with Gasteiger partial charge in [-0.05, 0) is 37.1 Å². The Morgan fingerprint density at radius 1 is 1.33 bits per heavy atom. The van der Waals surface area contributed by atoms with E-state index in [1.54, 1.807) is 0 Å². The molecule has 1 aliphatic heterocycles. The topological polar surface area (TPSA) is 39.7 Å². The molecule has 0 spiro atoms. The molecule has 2 rings (SSSR count). The molecule has 0 bridgehead atoms. The molecule has 1 aliphatic rings. The third kappa shape index (κ3) is 5.21. The zero-order valence-corrected chi connectivity index (χ0v) is 13.4. The molecule has 1 fully saturated rings. The molecule has 21 heavy (non-hydrogen) atoms. The van der Waals surface area contributed by atoms with Crippen molar-refractivity contribution in [2.24, 2.45) is 5.92 Å². The molecule has 1 N–H and O–H groups in total. The second kappa shape index (κ2) is 8.25. The summed E-state index contributed by atoms with van der Waals surface area (Å²) in [5.74, 6) is 2.30. The van der Waals surface area contributed by atoms with E-state index in [1.165, 1.54) is 5.56 Å². The molecular formula is C17H27NO3. The van der Waals surface area contributed by atoms with Crippen LogP contribution in [0.1, 0.15) is 32.8 Å². The summed E-state index contributed by atoms with van der Waals surface area (Å²) in [5.41, 5.74) is 1.22. The normalized spacial score (nSPS) is 18.2. The molecule has 0 aromatic heterocycles. The van der Waals surface area contributed by atoms with E-state index in [0.29, 0.717) is 19.1 Å². The Kier molecular flexibility index (Phi) is 6.33. The zero-order valence-electron chi connectivity index (χ0n) is 13.4. The lowest BCUT2D eigenvalue weighted by Gasteiger charge is -2.17. The van der Waals surface area contributed by atoms with Crippen LogP contribution in [-0.2, 0) is 11.3 Å². The fraction of sp³-hybridized carbons (Fsp3) is 0.647. The van der Waals surface area contributed by atoms with Crippen LogP contribution in [-0.4, -0.2) is 32.5 Å². The van der Waals surface area contributed by atoms with Crippen LogP contribution >= 0.6 is 0 Å². The van der Waals surface area contributed by atoms with E-state index in [1.807, 2.05) is 13.0 Å². The Hall–Kier alpha value is -1.26. The van der Waals surface area contributed by atoms with Crippen molar-refractivity contribution < 1.29 is 14.2 Å². The fourth-order valence-corrected chi connectivity index (χ4v) is 2.32. The van der Waals surface area contributed by atoms with Gasteiger partial charge in [0.2, 0.25) is 0 Å². The second-order valence-electron chi connectivity index (χ2n) is 5.84. The summed E-state index contributed by atoms with van der Waals surface area (Å²) < 4.78 is 17.1. The summed E-state index contributed by atoms with van der Waals surface area (Å²) in [5, 5.41) is 3.45. The molecule has 0 saturated carbocycles. The molecule has 118 valence electrons. The summed E-state index contributed by atoms with van der Waals surface area (Å²) in [6, 6.07) is 6.18. The van der Waals surface area contributed by atoms with Gasteiger partial charge in [-0.25, -0.2) is 0 Å². The second-order valence-corrected chi connectivity index (χ2v) is 5.84. The van der Waals surface area contributed by atoms with Crippen LogP contribution in [0.4, 0.5) is 0 Å². The van der Waals surface area contributed by atoms with Gasteiger partial charge in [0.25, 0.3) is 0 Å². The molecule has 1 saturated heterocycles. The predicted octanol–water partition coefficient (Wildman–Crippen LogP) is 3.00. The molecule has 1 atom stereocenters. The molecule has 0 radical (unpaired) electrons. The van der Waals surface area contributed by atoms with Crippen LogP contribution in [0.15, 0.2) is 18.2 Å². The first-order valence-electron chi connectivity index (χ1n) is 7.90. The number of rotatable bonds is 8. The third-order valence-electron chi connectivity index (χ3n) is 3.37. The smallest absolute Gasteiger partial charge is 0.161 e. The predicted molar refractivity (Wildman–Crippen MR) is 84.0 cm³/mol. The van der Waals surface area contributed by atoms with Crippen molar-refractivity contribution in [1.29, 1.82) is 0 Å². The molecule has 4 nitrogen and oxygen atoms in total. The Labute approximate surface area is 127 Å². The third-order valence-corrected chi connectivity index (χ3v) is 3.37. The number of hydrogen-bond acceptors (Lipinski definition) is 4. The minimum Gasteiger partial charge on any atom is -0.490 e. The number of benzene rings is 1. The number of nitrogens with one attached hydrogen (secondary N) is 1. The highest BCUT2D eigenvalue weighted by molar-refractivity contribution is 5.43. The highest BCUT2D eigenvalue weighted by Crippen LogP contribution is 2.30. The van der Waals surface area contributed by atoms with Gasteiger partial charge in [-0.2, -0.15) is 0 Å². The van der Waals surface area contributed by atoms with Gasteiger partial charge >= 0.3 is 0 Å². The van der Waals surface area contributed by atoms with Gasteiger partial charge in [-0.3, -0.25) is 0 Å². The fourth-order valence-electron chi connectivity index (χ4n) is 2.32. The summed E-state index contributed by atoms with van der Waals surface area (Å²) in [6.45, 7) is 10.4. The van der Waals surface area contributed by atoms with Crippen molar-refractivity contribution in [2.45, 2.75) is 39.8 Å². The van der Waals surface area contributed by atoms with Gasteiger partial charge in [0.05, 0.1) is 19.8 Å². The van der Waals surface area contributed by atoms with E-state index in [2.05, 4.69) is 31.3 Å². The molecule has 1 aromatic rings. The summed E-state index contributed by atoms with van der Waals surface area (Å²) in [7, 11) is 0. The first kappa shape index (κ1) is 16.1. The van der Waals surface area contributed by atoms with Crippen molar-refractivity contribution in [2.75, 3.05) is 26.4 Å². The monoisotopic (exact) mass is 293 g/mol. The van der Waals surface area contributed by atoms with E-state index in [-0.39, 0.29) is 6.10 Å². The van der Waals surface area contributed by atoms with Gasteiger partial charge in [-0.1, -0.05) is 19.9 Å². The van der Waals surface area contributed by atoms with Crippen LogP contribution < -0.4 is 14.8 Å². The quantitative estimate of drug-likeness (QED) is 0.800. The molecule has 1 aromatic carbocycles. The lowest BCUT2D eigenvalue weighted by molar-refractivity contribution is 0.138. The maximum absolute atomic E-state index is 5.99. The molecule has 1 unspecified atom stereocenters. The Morgan fingerprint density at radius 3 is 2.86 bits per heavy atom. The Bertz CT molecular complexity index is 428. The largest absolute Gasteiger partial charge is 0.490 e. The lowest BCUT2D eigenvalue weighted by atomic mass is 10.1. The van der Waals surface area contributed by atoms with Crippen LogP contribution in [0.5, 0.6) is 11.5 Å². The van der Waals surface area contributed by atoms with Crippen LogP contribution in [0, 0.1) is 5.92 Å². The minimum atomic E-state index is 0.147. The Morgan fingerprint density at radius 2 is 2.19 bits per heavy atom. The maximum Gasteiger partial charge on any atom is 0.161 e. The van der Waals surface area contributed by atoms with Gasteiger partial charge in [0.15, 0.2) is 11.5 Å². The van der Waals surface area contributed by atoms with Crippen LogP contribution in [0.2, 0.25) is 0 Å². The first-order chi connectivity index (χ1) is 10.2. The summed E-state index contributed by atoms with van der Waals surface area (Å²) in [6.07, 6.45) is 1.10. The van der Waals surface area contributed by atoms with Crippen molar-refractivity contribution in [3.8, 4) is 11.5 Å². The van der Waals surface area contributed by atoms with Gasteiger partial charge in [0, 0.05) is 13.0 Å². The van der Waals surface area contributed by atoms with E-state index in [9.17, 15) is 0 Å². The van der Waals surface area contributed by atoms with Crippen molar-refractivity contribution in [3.63, 3.8) is 0 Å². The maximum atomic E-state index is 5.99. The summed E-state index contributed by atoms with van der Waals surface area (Å²) >= 11 is 0. The number of hydrogen-bond donors (Lipinski definition) is 1. The molecule has 0 aliphatic carbocycles. The highest BCUT2D eigenvalue weighted by Gasteiger charge is 2.19. The van der Waals surface area contributed by atoms with Crippen LogP contribution in [0.3, 0.4) is 0 Å². The van der Waals surface area contributed by atoms with Gasteiger partial charge in [-0.15, -0.1) is 0 Å². The van der Waals surface area contributed by atoms with Gasteiger partial charge < -0.3 is 19.5 Å². The summed E-state index contributed by atoms with van der Waals surface area (Å²) in [4.78, 5) is 0. The average Bonchev–Trinajstić information content (AvgIpc) is 2.94. The zero-order chi connectivity index (χ0) is 15.1. The van der Waals surface area contributed by atoms with Crippen molar-refractivity contribution >= 4 is 0 Å². The first-order valence-corrected chi connectivity index (χ1v) is 7.90. The average molecular weight is 293 g/mol. The highest BCUT2D eigenvalue weighted by atomic mass is 16.6. The van der Waals surface area contributed by atoms with Gasteiger partial charge in [0.1, 0.15) is 6.10 Å². The molecular weight excluding hydrogens is 266 g/mol.